The average Bonchev–Trinajstić information content (AvgIpc) is 2.80. The summed E-state index contributed by atoms with van der Waals surface area (Å²) in [7, 11) is 0. The summed E-state index contributed by atoms with van der Waals surface area (Å²) in [5.41, 5.74) is 4.98. The molecule has 0 saturated heterocycles. The fraction of sp³-hybridized carbons (Fsp3) is 0.0417. The van der Waals surface area contributed by atoms with E-state index in [9.17, 15) is 4.79 Å². The molecule has 0 N–H and O–H groups in total. The minimum atomic E-state index is -0.159. The Morgan fingerprint density at radius 1 is 0.966 bits per heavy atom. The molecule has 0 atom stereocenters. The van der Waals surface area contributed by atoms with Crippen molar-refractivity contribution < 1.29 is 9.53 Å². The zero-order valence-corrected chi connectivity index (χ0v) is 15.4. The Morgan fingerprint density at radius 2 is 1.79 bits per heavy atom. The van der Waals surface area contributed by atoms with Gasteiger partial charge in [0.2, 0.25) is 5.88 Å². The molecule has 1 aliphatic rings. The van der Waals surface area contributed by atoms with Gasteiger partial charge < -0.3 is 4.74 Å². The van der Waals surface area contributed by atoms with Crippen molar-refractivity contribution in [1.29, 1.82) is 0 Å². The maximum atomic E-state index is 12.7. The molecule has 0 aliphatic carbocycles. The van der Waals surface area contributed by atoms with Crippen LogP contribution in [0, 0.1) is 6.07 Å². The average molecular weight is 378 g/mol. The van der Waals surface area contributed by atoms with Crippen LogP contribution in [0.2, 0.25) is 0 Å². The van der Waals surface area contributed by atoms with Crippen LogP contribution in [0.25, 0.3) is 22.4 Å². The first-order valence-corrected chi connectivity index (χ1v) is 9.24. The van der Waals surface area contributed by atoms with E-state index in [1.807, 2.05) is 66.7 Å². The minimum Gasteiger partial charge on any atom is -0.466 e. The van der Waals surface area contributed by atoms with Gasteiger partial charge in [-0.2, -0.15) is 0 Å². The predicted octanol–water partition coefficient (Wildman–Crippen LogP) is 4.67. The van der Waals surface area contributed by atoms with E-state index in [1.165, 1.54) is 0 Å². The van der Waals surface area contributed by atoms with Crippen molar-refractivity contribution >= 4 is 17.3 Å². The highest BCUT2D eigenvalue weighted by Gasteiger charge is 2.30. The molecule has 5 nitrogen and oxygen atoms in total. The Labute approximate surface area is 168 Å². The molecule has 4 aromatic rings. The summed E-state index contributed by atoms with van der Waals surface area (Å²) < 4.78 is 5.71. The third-order valence-electron chi connectivity index (χ3n) is 4.77. The Hall–Kier alpha value is -3.99. The van der Waals surface area contributed by atoms with Crippen molar-refractivity contribution in [3.63, 3.8) is 0 Å². The van der Waals surface area contributed by atoms with Crippen LogP contribution in [0.15, 0.2) is 85.2 Å². The van der Waals surface area contributed by atoms with Gasteiger partial charge in [-0.3, -0.25) is 14.7 Å². The van der Waals surface area contributed by atoms with Gasteiger partial charge in [0.05, 0.1) is 17.6 Å². The number of rotatable bonds is 3. The lowest BCUT2D eigenvalue weighted by Crippen LogP contribution is -2.35. The summed E-state index contributed by atoms with van der Waals surface area (Å²) in [5.74, 6) is 0.268. The van der Waals surface area contributed by atoms with Gasteiger partial charge in [0.1, 0.15) is 5.69 Å². The van der Waals surface area contributed by atoms with Crippen LogP contribution in [0.5, 0.6) is 5.88 Å². The quantitative estimate of drug-likeness (QED) is 0.520. The van der Waals surface area contributed by atoms with Gasteiger partial charge in [-0.15, -0.1) is 0 Å². The van der Waals surface area contributed by atoms with Crippen LogP contribution in [0.3, 0.4) is 0 Å². The molecule has 1 amide bonds. The molecule has 5 heteroatoms. The summed E-state index contributed by atoms with van der Waals surface area (Å²) >= 11 is 0. The molecule has 0 spiro atoms. The van der Waals surface area contributed by atoms with E-state index in [1.54, 1.807) is 23.4 Å². The highest BCUT2D eigenvalue weighted by Crippen LogP contribution is 2.42. The molecule has 139 valence electrons. The SMILES string of the molecule is O=C1COc2nc(-c3cc[c]cc3)c(-c3ccccc3)cc2N1c1cccnc1. The van der Waals surface area contributed by atoms with E-state index in [4.69, 9.17) is 9.72 Å². The molecule has 1 aliphatic heterocycles. The number of nitrogens with zero attached hydrogens (tertiary/aromatic N) is 3. The van der Waals surface area contributed by atoms with Gasteiger partial charge in [0, 0.05) is 17.3 Å². The normalized spacial score (nSPS) is 13.0. The van der Waals surface area contributed by atoms with Crippen LogP contribution in [-0.2, 0) is 4.79 Å². The zero-order chi connectivity index (χ0) is 19.6. The number of fused-ring (bicyclic) bond motifs is 1. The second kappa shape index (κ2) is 7.20. The summed E-state index contributed by atoms with van der Waals surface area (Å²) in [6.07, 6.45) is 3.34. The third kappa shape index (κ3) is 3.12. The van der Waals surface area contributed by atoms with Gasteiger partial charge >= 0.3 is 0 Å². The number of carbonyl (C=O) groups excluding carboxylic acids is 1. The lowest BCUT2D eigenvalue weighted by molar-refractivity contribution is -0.120. The number of hydrogen-bond donors (Lipinski definition) is 0. The van der Waals surface area contributed by atoms with Crippen molar-refractivity contribution in [3.8, 4) is 28.3 Å². The molecule has 1 radical (unpaired) electrons. The third-order valence-corrected chi connectivity index (χ3v) is 4.77. The van der Waals surface area contributed by atoms with Crippen LogP contribution < -0.4 is 9.64 Å². The topological polar surface area (TPSA) is 55.3 Å². The summed E-state index contributed by atoms with van der Waals surface area (Å²) in [4.78, 5) is 23.3. The summed E-state index contributed by atoms with van der Waals surface area (Å²) in [6, 6.07) is 26.3. The number of pyridine rings is 2. The molecule has 2 aromatic carbocycles. The van der Waals surface area contributed by atoms with Gasteiger partial charge in [-0.1, -0.05) is 54.6 Å². The molecule has 0 fully saturated rings. The molecule has 0 saturated carbocycles. The minimum absolute atomic E-state index is 0.0679. The molecule has 29 heavy (non-hydrogen) atoms. The molecule has 3 heterocycles. The smallest absolute Gasteiger partial charge is 0.269 e. The number of carbonyl (C=O) groups is 1. The number of anilines is 2. The molecule has 2 aromatic heterocycles. The fourth-order valence-electron chi connectivity index (χ4n) is 3.45. The number of benzene rings is 2. The van der Waals surface area contributed by atoms with E-state index in [0.29, 0.717) is 17.3 Å². The van der Waals surface area contributed by atoms with Gasteiger partial charge in [-0.05, 0) is 29.8 Å². The zero-order valence-electron chi connectivity index (χ0n) is 15.4. The maximum Gasteiger partial charge on any atom is 0.269 e. The van der Waals surface area contributed by atoms with Crippen LogP contribution >= 0.6 is 0 Å². The van der Waals surface area contributed by atoms with Crippen molar-refractivity contribution in [2.24, 2.45) is 0 Å². The summed E-state index contributed by atoms with van der Waals surface area (Å²) in [6.45, 7) is -0.0679. The van der Waals surface area contributed by atoms with Crippen molar-refractivity contribution in [3.05, 3.63) is 91.3 Å². The standard InChI is InChI=1S/C24H16N3O2/c28-22-16-29-24-21(27(22)19-12-7-13-25-15-19)14-20(17-8-3-1-4-9-17)23(26-24)18-10-5-2-6-11-18/h1,3-15H,16H2. The van der Waals surface area contributed by atoms with Crippen molar-refractivity contribution in [2.75, 3.05) is 11.5 Å². The number of ether oxygens (including phenoxy) is 1. The molecule has 5 rings (SSSR count). The largest absolute Gasteiger partial charge is 0.466 e. The van der Waals surface area contributed by atoms with Crippen LogP contribution in [-0.4, -0.2) is 22.5 Å². The first kappa shape index (κ1) is 17.1. The first-order valence-electron chi connectivity index (χ1n) is 9.24. The molecule has 0 unspecified atom stereocenters. The number of hydrogen-bond acceptors (Lipinski definition) is 4. The highest BCUT2D eigenvalue weighted by atomic mass is 16.5. The van der Waals surface area contributed by atoms with Crippen molar-refractivity contribution in [1.82, 2.24) is 9.97 Å². The maximum absolute atomic E-state index is 12.7. The van der Waals surface area contributed by atoms with Crippen molar-refractivity contribution in [2.45, 2.75) is 0 Å². The van der Waals surface area contributed by atoms with E-state index in [0.717, 1.165) is 22.4 Å². The predicted molar refractivity (Wildman–Crippen MR) is 111 cm³/mol. The lowest BCUT2D eigenvalue weighted by Gasteiger charge is -2.29. The van der Waals surface area contributed by atoms with Crippen LogP contribution in [0.4, 0.5) is 11.4 Å². The second-order valence-electron chi connectivity index (χ2n) is 6.59. The Bertz CT molecular complexity index is 1160. The van der Waals surface area contributed by atoms with Gasteiger partial charge in [0.15, 0.2) is 6.61 Å². The molecular formula is C24H16N3O2. The van der Waals surface area contributed by atoms with Gasteiger partial charge in [0.25, 0.3) is 5.91 Å². The monoisotopic (exact) mass is 378 g/mol. The Balaban J connectivity index is 1.76. The Kier molecular flexibility index (Phi) is 4.26. The van der Waals surface area contributed by atoms with E-state index in [-0.39, 0.29) is 12.5 Å². The highest BCUT2D eigenvalue weighted by molar-refractivity contribution is 6.05. The number of amides is 1. The lowest BCUT2D eigenvalue weighted by atomic mass is 9.98. The number of aromatic nitrogens is 2. The van der Waals surface area contributed by atoms with E-state index >= 15 is 0 Å². The van der Waals surface area contributed by atoms with E-state index < -0.39 is 0 Å². The molecular weight excluding hydrogens is 362 g/mol. The van der Waals surface area contributed by atoms with Gasteiger partial charge in [-0.25, -0.2) is 4.98 Å². The first-order chi connectivity index (χ1) is 14.3. The fourth-order valence-corrected chi connectivity index (χ4v) is 3.45. The Morgan fingerprint density at radius 3 is 2.55 bits per heavy atom. The van der Waals surface area contributed by atoms with E-state index in [2.05, 4.69) is 11.1 Å². The second-order valence-corrected chi connectivity index (χ2v) is 6.59. The van der Waals surface area contributed by atoms with Crippen LogP contribution in [0.1, 0.15) is 0 Å². The molecule has 0 bridgehead atoms. The summed E-state index contributed by atoms with van der Waals surface area (Å²) in [5, 5.41) is 0.